The zero-order valence-electron chi connectivity index (χ0n) is 10.7. The lowest BCUT2D eigenvalue weighted by atomic mass is 10.1. The quantitative estimate of drug-likeness (QED) is 0.602. The Hall–Kier alpha value is -1.48. The summed E-state index contributed by atoms with van der Waals surface area (Å²) in [6, 6.07) is 3.77. The number of aryl methyl sites for hydroxylation is 1. The van der Waals surface area contributed by atoms with Crippen LogP contribution in [-0.2, 0) is 0 Å². The van der Waals surface area contributed by atoms with Gasteiger partial charge in [0.25, 0.3) is 0 Å². The van der Waals surface area contributed by atoms with E-state index in [2.05, 4.69) is 16.0 Å². The maximum atomic E-state index is 12.1. The van der Waals surface area contributed by atoms with Crippen molar-refractivity contribution in [1.29, 1.82) is 0 Å². The molecule has 1 aliphatic heterocycles. The third-order valence-corrected chi connectivity index (χ3v) is 3.90. The van der Waals surface area contributed by atoms with Gasteiger partial charge in [-0.25, -0.2) is 0 Å². The predicted molar refractivity (Wildman–Crippen MR) is 70.6 cm³/mol. The van der Waals surface area contributed by atoms with E-state index in [0.717, 1.165) is 18.7 Å². The lowest BCUT2D eigenvalue weighted by molar-refractivity contribution is 0.0938. The number of rotatable bonds is 3. The van der Waals surface area contributed by atoms with E-state index in [1.54, 1.807) is 11.8 Å². The molecule has 1 unspecified atom stereocenters. The molecule has 0 saturated carbocycles. The first kappa shape index (κ1) is 11.6. The number of hydrogen-bond acceptors (Lipinski definition) is 3. The SMILES string of the molecule is Cc1ccc(C(=O)CN2CC3=CCCC3C2)nc1. The fourth-order valence-corrected chi connectivity index (χ4v) is 2.90. The Morgan fingerprint density at radius 1 is 1.50 bits per heavy atom. The van der Waals surface area contributed by atoms with Crippen LogP contribution in [0.4, 0.5) is 0 Å². The molecule has 3 heteroatoms. The number of likely N-dealkylation sites (tertiary alicyclic amines) is 1. The van der Waals surface area contributed by atoms with Crippen molar-refractivity contribution in [2.24, 2.45) is 5.92 Å². The monoisotopic (exact) mass is 242 g/mol. The van der Waals surface area contributed by atoms with Crippen molar-refractivity contribution < 1.29 is 4.79 Å². The van der Waals surface area contributed by atoms with E-state index in [9.17, 15) is 4.79 Å². The first-order valence-electron chi connectivity index (χ1n) is 6.59. The van der Waals surface area contributed by atoms with Crippen molar-refractivity contribution in [2.45, 2.75) is 19.8 Å². The number of pyridine rings is 1. The van der Waals surface area contributed by atoms with E-state index in [1.165, 1.54) is 12.8 Å². The molecule has 0 bridgehead atoms. The Kier molecular flexibility index (Phi) is 3.00. The number of hydrogen-bond donors (Lipinski definition) is 0. The molecular formula is C15H18N2O. The van der Waals surface area contributed by atoms with Gasteiger partial charge >= 0.3 is 0 Å². The van der Waals surface area contributed by atoms with Gasteiger partial charge in [0.2, 0.25) is 0 Å². The normalized spacial score (nSPS) is 22.9. The molecule has 0 aromatic carbocycles. The van der Waals surface area contributed by atoms with Crippen LogP contribution < -0.4 is 0 Å². The summed E-state index contributed by atoms with van der Waals surface area (Å²) in [5.41, 5.74) is 3.22. The van der Waals surface area contributed by atoms with Gasteiger partial charge in [-0.2, -0.15) is 0 Å². The molecule has 2 aliphatic rings. The minimum Gasteiger partial charge on any atom is -0.291 e. The van der Waals surface area contributed by atoms with Gasteiger partial charge in [-0.15, -0.1) is 0 Å². The minimum atomic E-state index is 0.135. The van der Waals surface area contributed by atoms with Crippen molar-refractivity contribution in [3.05, 3.63) is 41.2 Å². The maximum Gasteiger partial charge on any atom is 0.195 e. The van der Waals surface area contributed by atoms with Crippen molar-refractivity contribution in [3.8, 4) is 0 Å². The first-order valence-corrected chi connectivity index (χ1v) is 6.59. The smallest absolute Gasteiger partial charge is 0.195 e. The molecule has 1 aromatic heterocycles. The fraction of sp³-hybridized carbons (Fsp3) is 0.467. The molecule has 1 atom stereocenters. The molecule has 0 radical (unpaired) electrons. The van der Waals surface area contributed by atoms with Crippen LogP contribution >= 0.6 is 0 Å². The number of carbonyl (C=O) groups is 1. The van der Waals surface area contributed by atoms with Crippen LogP contribution in [0.5, 0.6) is 0 Å². The lowest BCUT2D eigenvalue weighted by Gasteiger charge is -2.14. The molecule has 3 nitrogen and oxygen atoms in total. The standard InChI is InChI=1S/C15H18N2O/c1-11-5-6-14(16-7-11)15(18)10-17-8-12-3-2-4-13(12)9-17/h3,5-7,13H,2,4,8-10H2,1H3. The van der Waals surface area contributed by atoms with E-state index in [1.807, 2.05) is 19.1 Å². The van der Waals surface area contributed by atoms with Crippen LogP contribution in [-0.4, -0.2) is 35.3 Å². The van der Waals surface area contributed by atoms with E-state index in [-0.39, 0.29) is 5.78 Å². The number of fused-ring (bicyclic) bond motifs is 1. The van der Waals surface area contributed by atoms with Crippen molar-refractivity contribution in [3.63, 3.8) is 0 Å². The highest BCUT2D eigenvalue weighted by molar-refractivity contribution is 5.95. The van der Waals surface area contributed by atoms with Gasteiger partial charge in [0.1, 0.15) is 5.69 Å². The second kappa shape index (κ2) is 4.65. The molecule has 2 heterocycles. The summed E-state index contributed by atoms with van der Waals surface area (Å²) in [6.07, 6.45) is 6.60. The summed E-state index contributed by atoms with van der Waals surface area (Å²) in [5, 5.41) is 0. The van der Waals surface area contributed by atoms with Gasteiger partial charge in [0.05, 0.1) is 6.54 Å². The van der Waals surface area contributed by atoms with E-state index >= 15 is 0 Å². The summed E-state index contributed by atoms with van der Waals surface area (Å²) < 4.78 is 0. The van der Waals surface area contributed by atoms with Gasteiger partial charge in [0.15, 0.2) is 5.78 Å². The van der Waals surface area contributed by atoms with Crippen molar-refractivity contribution in [2.75, 3.05) is 19.6 Å². The lowest BCUT2D eigenvalue weighted by Crippen LogP contribution is -2.28. The molecule has 1 fully saturated rings. The highest BCUT2D eigenvalue weighted by Gasteiger charge is 2.30. The number of allylic oxidation sites excluding steroid dienone is 1. The van der Waals surface area contributed by atoms with Crippen LogP contribution in [0.15, 0.2) is 30.0 Å². The van der Waals surface area contributed by atoms with Crippen LogP contribution in [0.2, 0.25) is 0 Å². The van der Waals surface area contributed by atoms with Crippen LogP contribution in [0.1, 0.15) is 28.9 Å². The molecule has 18 heavy (non-hydrogen) atoms. The van der Waals surface area contributed by atoms with Gasteiger partial charge in [-0.05, 0) is 37.3 Å². The van der Waals surface area contributed by atoms with Crippen molar-refractivity contribution >= 4 is 5.78 Å². The summed E-state index contributed by atoms with van der Waals surface area (Å²) >= 11 is 0. The van der Waals surface area contributed by atoms with Gasteiger partial charge in [0, 0.05) is 19.3 Å². The number of aromatic nitrogens is 1. The third kappa shape index (κ3) is 2.23. The summed E-state index contributed by atoms with van der Waals surface area (Å²) in [4.78, 5) is 18.6. The number of nitrogens with zero attached hydrogens (tertiary/aromatic N) is 2. The second-order valence-corrected chi connectivity index (χ2v) is 5.37. The summed E-state index contributed by atoms with van der Waals surface area (Å²) in [7, 11) is 0. The average molecular weight is 242 g/mol. The molecule has 0 N–H and O–H groups in total. The van der Waals surface area contributed by atoms with Gasteiger partial charge in [-0.1, -0.05) is 17.7 Å². The Morgan fingerprint density at radius 2 is 2.39 bits per heavy atom. The highest BCUT2D eigenvalue weighted by Crippen LogP contribution is 2.32. The van der Waals surface area contributed by atoms with Crippen LogP contribution in [0, 0.1) is 12.8 Å². The number of carbonyl (C=O) groups excluding carboxylic acids is 1. The fourth-order valence-electron chi connectivity index (χ4n) is 2.90. The average Bonchev–Trinajstić information content (AvgIpc) is 2.90. The molecule has 1 aromatic rings. The zero-order valence-corrected chi connectivity index (χ0v) is 10.7. The zero-order chi connectivity index (χ0) is 12.5. The predicted octanol–water partition coefficient (Wildman–Crippen LogP) is 2.22. The van der Waals surface area contributed by atoms with E-state index < -0.39 is 0 Å². The van der Waals surface area contributed by atoms with E-state index in [4.69, 9.17) is 0 Å². The third-order valence-electron chi connectivity index (χ3n) is 3.90. The molecule has 0 spiro atoms. The highest BCUT2D eigenvalue weighted by atomic mass is 16.1. The number of ketones is 1. The van der Waals surface area contributed by atoms with Crippen LogP contribution in [0.3, 0.4) is 0 Å². The number of Topliss-reactive ketones (excluding diaryl/α,β-unsaturated/α-hetero) is 1. The molecule has 3 rings (SSSR count). The summed E-state index contributed by atoms with van der Waals surface area (Å²) in [5.74, 6) is 0.847. The Morgan fingerprint density at radius 3 is 3.11 bits per heavy atom. The Bertz CT molecular complexity index is 490. The second-order valence-electron chi connectivity index (χ2n) is 5.37. The first-order chi connectivity index (χ1) is 8.72. The molecule has 0 amide bonds. The van der Waals surface area contributed by atoms with Crippen molar-refractivity contribution in [1.82, 2.24) is 9.88 Å². The van der Waals surface area contributed by atoms with Gasteiger partial charge < -0.3 is 0 Å². The topological polar surface area (TPSA) is 33.2 Å². The Balaban J connectivity index is 1.63. The van der Waals surface area contributed by atoms with Crippen LogP contribution in [0.25, 0.3) is 0 Å². The minimum absolute atomic E-state index is 0.135. The Labute approximate surface area is 108 Å². The molecular weight excluding hydrogens is 224 g/mol. The molecule has 1 aliphatic carbocycles. The summed E-state index contributed by atoms with van der Waals surface area (Å²) in [6.45, 7) is 4.50. The molecule has 94 valence electrons. The van der Waals surface area contributed by atoms with E-state index in [0.29, 0.717) is 18.2 Å². The maximum absolute atomic E-state index is 12.1. The van der Waals surface area contributed by atoms with Gasteiger partial charge in [-0.3, -0.25) is 14.7 Å². The molecule has 1 saturated heterocycles. The largest absolute Gasteiger partial charge is 0.291 e.